The Morgan fingerprint density at radius 3 is 1.57 bits per heavy atom. The van der Waals surface area contributed by atoms with Crippen molar-refractivity contribution < 1.29 is 23.7 Å². The van der Waals surface area contributed by atoms with Crippen molar-refractivity contribution in [1.82, 2.24) is 4.90 Å². The third kappa shape index (κ3) is 14.8. The van der Waals surface area contributed by atoms with Crippen LogP contribution in [0.2, 0.25) is 0 Å². The second-order valence-electron chi connectivity index (χ2n) is 6.45. The first-order valence-corrected chi connectivity index (χ1v) is 10.6. The van der Waals surface area contributed by atoms with Gasteiger partial charge in [0.1, 0.15) is 12.4 Å². The molecule has 0 saturated carbocycles. The fourth-order valence-corrected chi connectivity index (χ4v) is 2.47. The van der Waals surface area contributed by atoms with Crippen LogP contribution in [-0.4, -0.2) is 84.0 Å². The summed E-state index contributed by atoms with van der Waals surface area (Å²) in [4.78, 5) is 2.33. The third-order valence-electron chi connectivity index (χ3n) is 3.96. The molecule has 162 valence electrons. The molecule has 0 aromatic heterocycles. The predicted octanol–water partition coefficient (Wildman–Crippen LogP) is 3.25. The largest absolute Gasteiger partial charge is 0.491 e. The van der Waals surface area contributed by atoms with Crippen molar-refractivity contribution in [3.8, 4) is 5.75 Å². The van der Waals surface area contributed by atoms with Gasteiger partial charge < -0.3 is 23.7 Å². The first-order valence-electron chi connectivity index (χ1n) is 10.6. The molecule has 0 atom stereocenters. The van der Waals surface area contributed by atoms with E-state index in [-0.39, 0.29) is 0 Å². The predicted molar refractivity (Wildman–Crippen MR) is 112 cm³/mol. The van der Waals surface area contributed by atoms with Crippen molar-refractivity contribution in [3.63, 3.8) is 0 Å². The lowest BCUT2D eigenvalue weighted by Gasteiger charge is -2.22. The van der Waals surface area contributed by atoms with Crippen LogP contribution in [0.3, 0.4) is 0 Å². The van der Waals surface area contributed by atoms with E-state index in [4.69, 9.17) is 23.7 Å². The van der Waals surface area contributed by atoms with Gasteiger partial charge in [0.25, 0.3) is 0 Å². The SMILES string of the molecule is CCCOCCN(CCOCCC)CCOCCOCCOc1ccccc1. The van der Waals surface area contributed by atoms with E-state index in [1.165, 1.54) is 0 Å². The minimum atomic E-state index is 0.549. The summed E-state index contributed by atoms with van der Waals surface area (Å²) >= 11 is 0. The normalized spacial score (nSPS) is 11.2. The standard InChI is InChI=1S/C22H39NO5/c1-3-13-24-15-10-23(11-16-25-14-4-2)12-17-26-18-19-27-20-21-28-22-8-6-5-7-9-22/h5-9H,3-4,10-21H2,1-2H3. The molecular formula is C22H39NO5. The van der Waals surface area contributed by atoms with Crippen LogP contribution >= 0.6 is 0 Å². The third-order valence-corrected chi connectivity index (χ3v) is 3.96. The van der Waals surface area contributed by atoms with Crippen LogP contribution in [0.25, 0.3) is 0 Å². The number of benzene rings is 1. The highest BCUT2D eigenvalue weighted by Crippen LogP contribution is 2.07. The molecule has 0 heterocycles. The maximum absolute atomic E-state index is 5.69. The van der Waals surface area contributed by atoms with E-state index in [1.54, 1.807) is 0 Å². The molecule has 1 rings (SSSR count). The van der Waals surface area contributed by atoms with Crippen LogP contribution in [0.4, 0.5) is 0 Å². The second kappa shape index (κ2) is 19.2. The van der Waals surface area contributed by atoms with Gasteiger partial charge in [-0.3, -0.25) is 4.90 Å². The van der Waals surface area contributed by atoms with Crippen molar-refractivity contribution in [3.05, 3.63) is 30.3 Å². The zero-order valence-electron chi connectivity index (χ0n) is 17.8. The van der Waals surface area contributed by atoms with Gasteiger partial charge in [0.05, 0.1) is 39.6 Å². The molecule has 6 nitrogen and oxygen atoms in total. The molecule has 1 aromatic carbocycles. The minimum Gasteiger partial charge on any atom is -0.491 e. The van der Waals surface area contributed by atoms with Gasteiger partial charge in [-0.2, -0.15) is 0 Å². The van der Waals surface area contributed by atoms with E-state index < -0.39 is 0 Å². The summed E-state index contributed by atoms with van der Waals surface area (Å²) in [7, 11) is 0. The number of hydrogen-bond acceptors (Lipinski definition) is 6. The summed E-state index contributed by atoms with van der Waals surface area (Å²) < 4.78 is 28.0. The van der Waals surface area contributed by atoms with E-state index in [1.807, 2.05) is 30.3 Å². The number of para-hydroxylation sites is 1. The fraction of sp³-hybridized carbons (Fsp3) is 0.727. The second-order valence-corrected chi connectivity index (χ2v) is 6.45. The average Bonchev–Trinajstić information content (AvgIpc) is 2.73. The van der Waals surface area contributed by atoms with Crippen molar-refractivity contribution >= 4 is 0 Å². The summed E-state index contributed by atoms with van der Waals surface area (Å²) in [6.07, 6.45) is 2.11. The molecule has 0 unspecified atom stereocenters. The molecule has 0 radical (unpaired) electrons. The van der Waals surface area contributed by atoms with E-state index >= 15 is 0 Å². The summed E-state index contributed by atoms with van der Waals surface area (Å²) in [5.41, 5.74) is 0. The fourth-order valence-electron chi connectivity index (χ4n) is 2.47. The molecule has 0 aliphatic heterocycles. The van der Waals surface area contributed by atoms with Crippen molar-refractivity contribution in [1.29, 1.82) is 0 Å². The maximum Gasteiger partial charge on any atom is 0.119 e. The zero-order valence-corrected chi connectivity index (χ0v) is 17.8. The van der Waals surface area contributed by atoms with Crippen LogP contribution in [-0.2, 0) is 18.9 Å². The molecule has 0 N–H and O–H groups in total. The van der Waals surface area contributed by atoms with E-state index in [0.717, 1.165) is 64.7 Å². The molecule has 0 amide bonds. The highest BCUT2D eigenvalue weighted by molar-refractivity contribution is 5.20. The zero-order chi connectivity index (χ0) is 20.1. The summed E-state index contributed by atoms with van der Waals surface area (Å²) in [5.74, 6) is 0.869. The summed E-state index contributed by atoms with van der Waals surface area (Å²) in [5, 5.41) is 0. The summed E-state index contributed by atoms with van der Waals surface area (Å²) in [6, 6.07) is 9.77. The monoisotopic (exact) mass is 397 g/mol. The van der Waals surface area contributed by atoms with Crippen molar-refractivity contribution in [2.45, 2.75) is 26.7 Å². The van der Waals surface area contributed by atoms with Crippen molar-refractivity contribution in [2.75, 3.05) is 79.1 Å². The smallest absolute Gasteiger partial charge is 0.119 e. The Kier molecular flexibility index (Phi) is 17.0. The number of ether oxygens (including phenoxy) is 5. The molecular weight excluding hydrogens is 358 g/mol. The van der Waals surface area contributed by atoms with Crippen LogP contribution in [0.15, 0.2) is 30.3 Å². The molecule has 0 saturated heterocycles. The average molecular weight is 398 g/mol. The first-order chi connectivity index (χ1) is 13.9. The number of nitrogens with zero attached hydrogens (tertiary/aromatic N) is 1. The van der Waals surface area contributed by atoms with Crippen LogP contribution in [0, 0.1) is 0 Å². The summed E-state index contributed by atoms with van der Waals surface area (Å²) in [6.45, 7) is 13.1. The van der Waals surface area contributed by atoms with Gasteiger partial charge in [0, 0.05) is 32.8 Å². The minimum absolute atomic E-state index is 0.549. The topological polar surface area (TPSA) is 49.4 Å². The lowest BCUT2D eigenvalue weighted by Crippen LogP contribution is -2.34. The Morgan fingerprint density at radius 2 is 1.04 bits per heavy atom. The van der Waals surface area contributed by atoms with E-state index in [2.05, 4.69) is 18.7 Å². The van der Waals surface area contributed by atoms with Crippen molar-refractivity contribution in [2.24, 2.45) is 0 Å². The molecule has 0 bridgehead atoms. The lowest BCUT2D eigenvalue weighted by molar-refractivity contribution is 0.0207. The van der Waals surface area contributed by atoms with Gasteiger partial charge in [-0.15, -0.1) is 0 Å². The van der Waals surface area contributed by atoms with Gasteiger partial charge in [-0.1, -0.05) is 32.0 Å². The molecule has 0 fully saturated rings. The maximum atomic E-state index is 5.69. The first kappa shape index (κ1) is 24.9. The molecule has 0 aliphatic rings. The Hall–Kier alpha value is -1.18. The van der Waals surface area contributed by atoms with Gasteiger partial charge in [0.2, 0.25) is 0 Å². The Labute approximate surface area is 171 Å². The Balaban J connectivity index is 2.00. The molecule has 0 aliphatic carbocycles. The Morgan fingerprint density at radius 1 is 0.571 bits per heavy atom. The van der Waals surface area contributed by atoms with Gasteiger partial charge in [-0.25, -0.2) is 0 Å². The van der Waals surface area contributed by atoms with Gasteiger partial charge >= 0.3 is 0 Å². The van der Waals surface area contributed by atoms with Gasteiger partial charge in [-0.05, 0) is 25.0 Å². The molecule has 1 aromatic rings. The van der Waals surface area contributed by atoms with Crippen LogP contribution < -0.4 is 4.74 Å². The highest BCUT2D eigenvalue weighted by Gasteiger charge is 2.05. The quantitative estimate of drug-likeness (QED) is 0.315. The number of hydrogen-bond donors (Lipinski definition) is 0. The van der Waals surface area contributed by atoms with Gasteiger partial charge in [0.15, 0.2) is 0 Å². The molecule has 6 heteroatoms. The Bertz CT molecular complexity index is 420. The number of rotatable bonds is 20. The molecule has 0 spiro atoms. The van der Waals surface area contributed by atoms with E-state index in [9.17, 15) is 0 Å². The van der Waals surface area contributed by atoms with E-state index in [0.29, 0.717) is 33.0 Å². The van der Waals surface area contributed by atoms with Crippen LogP contribution in [0.1, 0.15) is 26.7 Å². The molecule has 28 heavy (non-hydrogen) atoms. The lowest BCUT2D eigenvalue weighted by atomic mass is 10.3. The van der Waals surface area contributed by atoms with Crippen LogP contribution in [0.5, 0.6) is 5.75 Å². The highest BCUT2D eigenvalue weighted by atomic mass is 16.5.